The number of nitrogen functional groups attached to an aromatic ring is 1. The molecule has 0 bridgehead atoms. The van der Waals surface area contributed by atoms with Gasteiger partial charge in [-0.05, 0) is 375 Å². The molecule has 2 heterocycles. The van der Waals surface area contributed by atoms with Crippen LogP contribution in [0.15, 0.2) is 229 Å². The SMILES string of the molecule is Nc1ccc(I)cc1.O=C(Nc1ccc(I)cc1)Nc1ccc(I)cc1.O=C1C(=O)N(c2ccc(I)cc2)C(=O)N1c1ccc(I)cc1.O=C1N(c2ccc(I)cc2)C(=O)C(O)(c2ccccc2)N1c1ccc(I)cc1.O=C=Nc1ccc(I)cc1. The molecule has 16 nitrogen and oxygen atoms in total. The van der Waals surface area contributed by atoms with Gasteiger partial charge in [0.15, 0.2) is 0 Å². The van der Waals surface area contributed by atoms with Gasteiger partial charge in [-0.15, -0.1) is 0 Å². The Balaban J connectivity index is 0.000000164. The first-order valence-corrected chi connectivity index (χ1v) is 33.4. The number of nitrogens with two attached hydrogens (primary N) is 1. The van der Waals surface area contributed by atoms with Gasteiger partial charge in [-0.1, -0.05) is 30.3 Å². The van der Waals surface area contributed by atoms with E-state index in [9.17, 15) is 38.7 Å². The molecule has 5 N–H and O–H groups in total. The molecule has 11 rings (SSSR count). The third-order valence-corrected chi connectivity index (χ3v) is 17.5. The summed E-state index contributed by atoms with van der Waals surface area (Å²) in [5.41, 5.74) is 8.28. The molecule has 9 amide bonds. The van der Waals surface area contributed by atoms with Crippen molar-refractivity contribution >= 4 is 268 Å². The lowest BCUT2D eigenvalue weighted by Crippen LogP contribution is -2.47. The summed E-state index contributed by atoms with van der Waals surface area (Å²) in [5, 5.41) is 17.1. The van der Waals surface area contributed by atoms with Gasteiger partial charge in [0.05, 0.1) is 22.7 Å². The van der Waals surface area contributed by atoms with Gasteiger partial charge in [0.1, 0.15) is 0 Å². The maximum absolute atomic E-state index is 13.4. The van der Waals surface area contributed by atoms with Crippen molar-refractivity contribution < 1.29 is 38.7 Å². The third kappa shape index (κ3) is 18.7. The zero-order valence-electron chi connectivity index (χ0n) is 44.0. The Bertz CT molecular complexity index is 3760. The topological polar surface area (TPSA) is 215 Å². The van der Waals surface area contributed by atoms with E-state index in [0.717, 1.165) is 61.7 Å². The van der Waals surface area contributed by atoms with Crippen LogP contribution < -0.4 is 36.0 Å². The van der Waals surface area contributed by atoms with E-state index in [1.165, 1.54) is 9.65 Å². The van der Waals surface area contributed by atoms with E-state index < -0.39 is 35.5 Å². The number of aliphatic imine (C=N–C) groups is 1. The second-order valence-corrected chi connectivity index (χ2v) is 27.6. The Kier molecular flexibility index (Phi) is 26.1. The number of imide groups is 3. The first-order chi connectivity index (χ1) is 41.2. The molecule has 2 aliphatic rings. The lowest BCUT2D eigenvalue weighted by molar-refractivity contribution is -0.133. The summed E-state index contributed by atoms with van der Waals surface area (Å²) in [6.45, 7) is 0. The lowest BCUT2D eigenvalue weighted by Gasteiger charge is -2.30. The molecule has 0 radical (unpaired) electrons. The molecule has 9 aromatic rings. The Labute approximate surface area is 603 Å². The van der Waals surface area contributed by atoms with Crippen molar-refractivity contribution in [3.63, 3.8) is 0 Å². The molecule has 24 heteroatoms. The second kappa shape index (κ2) is 32.8. The minimum atomic E-state index is -2.13. The predicted molar refractivity (Wildman–Crippen MR) is 404 cm³/mol. The fraction of sp³-hybridized carbons (Fsp3) is 0.0161. The number of carbonyl (C=O) groups excluding carboxylic acids is 7. The number of urea groups is 3. The highest BCUT2D eigenvalue weighted by atomic mass is 127. The third-order valence-electron chi connectivity index (χ3n) is 11.8. The standard InChI is InChI=1S/C21H14I2N2O3.C15H8I2N2O3.C13H10I2N2O.C7H4INO.C6H6IN/c22-15-6-10-17(11-7-15)24-19(26)21(28,14-4-2-1-3-5-14)25(20(24)27)18-12-8-16(23)9-13-18;16-9-1-5-11(6-2-9)18-13(20)14(21)19(15(18)22)12-7-3-10(17)4-8-12;14-9-1-5-11(6-2-9)16-13(18)17-12-7-3-10(15)4-8-12;8-6-1-3-7(4-2-6)9-5-10;7-5-1-3-6(8)4-2-5/h1-13,28H;1-8H;1-8H,(H2,16,17,18);1-4H;1-4H,8H2. The van der Waals surface area contributed by atoms with Gasteiger partial charge in [0.25, 0.3) is 11.6 Å². The van der Waals surface area contributed by atoms with Crippen LogP contribution in [0.2, 0.25) is 0 Å². The molecular formula is C62H42I8N8O8. The van der Waals surface area contributed by atoms with Crippen LogP contribution in [-0.4, -0.2) is 47.0 Å². The van der Waals surface area contributed by atoms with Crippen LogP contribution >= 0.6 is 181 Å². The highest BCUT2D eigenvalue weighted by Gasteiger charge is 2.59. The summed E-state index contributed by atoms with van der Waals surface area (Å²) >= 11 is 17.4. The van der Waals surface area contributed by atoms with Gasteiger partial charge >= 0.3 is 29.9 Å². The van der Waals surface area contributed by atoms with Crippen molar-refractivity contribution in [3.05, 3.63) is 259 Å². The fourth-order valence-corrected chi connectivity index (χ4v) is 10.6. The molecule has 86 heavy (non-hydrogen) atoms. The van der Waals surface area contributed by atoms with Gasteiger partial charge in [0, 0.05) is 56.9 Å². The van der Waals surface area contributed by atoms with E-state index in [2.05, 4.69) is 196 Å². The van der Waals surface area contributed by atoms with E-state index in [-0.39, 0.29) is 6.03 Å². The number of anilines is 7. The normalized spacial score (nSPS) is 14.0. The van der Waals surface area contributed by atoms with Gasteiger partial charge in [-0.3, -0.25) is 19.3 Å². The minimum Gasteiger partial charge on any atom is -0.399 e. The monoisotopic (exact) mass is 2040 g/mol. The second-order valence-electron chi connectivity index (χ2n) is 17.6. The predicted octanol–water partition coefficient (Wildman–Crippen LogP) is 16.8. The summed E-state index contributed by atoms with van der Waals surface area (Å²) in [5.74, 6) is -2.39. The minimum absolute atomic E-state index is 0.239. The largest absolute Gasteiger partial charge is 0.399 e. The number of isocyanates is 1. The fourth-order valence-electron chi connectivity index (χ4n) is 7.70. The summed E-state index contributed by atoms with van der Waals surface area (Å²) in [4.78, 5) is 92.5. The van der Waals surface area contributed by atoms with Gasteiger partial charge in [-0.2, -0.15) is 4.99 Å². The van der Waals surface area contributed by atoms with Gasteiger partial charge in [0.2, 0.25) is 6.08 Å². The number of aliphatic hydroxyl groups is 1. The van der Waals surface area contributed by atoms with Crippen LogP contribution in [0.3, 0.4) is 0 Å². The molecule has 0 aromatic heterocycles. The van der Waals surface area contributed by atoms with Crippen molar-refractivity contribution in [3.8, 4) is 0 Å². The van der Waals surface area contributed by atoms with Crippen molar-refractivity contribution in [1.29, 1.82) is 0 Å². The molecule has 2 saturated heterocycles. The van der Waals surface area contributed by atoms with Crippen LogP contribution in [0, 0.1) is 28.6 Å². The molecule has 0 saturated carbocycles. The molecule has 0 spiro atoms. The zero-order chi connectivity index (χ0) is 62.1. The Hall–Kier alpha value is -5.22. The van der Waals surface area contributed by atoms with Crippen LogP contribution in [0.5, 0.6) is 0 Å². The first kappa shape index (κ1) is 68.3. The summed E-state index contributed by atoms with van der Waals surface area (Å²) in [7, 11) is 0. The van der Waals surface area contributed by atoms with Gasteiger partial charge in [-0.25, -0.2) is 33.9 Å². The Morgan fingerprint density at radius 2 is 0.733 bits per heavy atom. The van der Waals surface area contributed by atoms with Crippen molar-refractivity contribution in [2.45, 2.75) is 5.72 Å². The average Bonchev–Trinajstić information content (AvgIpc) is 2.15. The first-order valence-electron chi connectivity index (χ1n) is 24.8. The Morgan fingerprint density at radius 1 is 0.419 bits per heavy atom. The van der Waals surface area contributed by atoms with Crippen LogP contribution in [0.1, 0.15) is 5.56 Å². The van der Waals surface area contributed by atoms with E-state index in [0.29, 0.717) is 34.0 Å². The number of rotatable bonds is 8. The summed E-state index contributed by atoms with van der Waals surface area (Å²) in [6, 6.07) is 65.1. The summed E-state index contributed by atoms with van der Waals surface area (Å²) < 4.78 is 8.53. The number of hydrogen-bond donors (Lipinski definition) is 4. The molecular weight excluding hydrogens is 2000 g/mol. The number of benzene rings is 9. The van der Waals surface area contributed by atoms with Gasteiger partial charge < -0.3 is 21.5 Å². The number of nitrogens with one attached hydrogen (secondary N) is 2. The van der Waals surface area contributed by atoms with Crippen LogP contribution in [-0.2, 0) is 24.9 Å². The van der Waals surface area contributed by atoms with Crippen molar-refractivity contribution in [2.75, 3.05) is 36.0 Å². The zero-order valence-corrected chi connectivity index (χ0v) is 61.3. The molecule has 434 valence electrons. The van der Waals surface area contributed by atoms with E-state index in [1.54, 1.807) is 115 Å². The van der Waals surface area contributed by atoms with Crippen molar-refractivity contribution in [1.82, 2.24) is 0 Å². The maximum atomic E-state index is 13.4. The molecule has 1 atom stereocenters. The van der Waals surface area contributed by atoms with E-state index in [1.807, 2.05) is 109 Å². The molecule has 2 fully saturated rings. The van der Waals surface area contributed by atoms with E-state index in [4.69, 9.17) is 5.73 Å². The van der Waals surface area contributed by atoms with Crippen molar-refractivity contribution in [2.24, 2.45) is 4.99 Å². The number of hydrogen-bond acceptors (Lipinski definition) is 10. The number of halogens is 8. The average molecular weight is 2040 g/mol. The smallest absolute Gasteiger partial charge is 0.343 e. The van der Waals surface area contributed by atoms with Crippen LogP contribution in [0.25, 0.3) is 0 Å². The molecule has 0 aliphatic carbocycles. The van der Waals surface area contributed by atoms with Crippen LogP contribution in [0.4, 0.5) is 59.9 Å². The number of amides is 9. The lowest BCUT2D eigenvalue weighted by atomic mass is 10.0. The number of carbonyl (C=O) groups is 6. The molecule has 2 aliphatic heterocycles. The molecule has 1 unspecified atom stereocenters. The maximum Gasteiger partial charge on any atom is 0.343 e. The molecule has 9 aromatic carbocycles. The quantitative estimate of drug-likeness (QED) is 0.0284. The van der Waals surface area contributed by atoms with E-state index >= 15 is 0 Å². The Morgan fingerprint density at radius 3 is 1.08 bits per heavy atom. The highest BCUT2D eigenvalue weighted by Crippen LogP contribution is 2.41. The summed E-state index contributed by atoms with van der Waals surface area (Å²) in [6.07, 6.45) is 1.48. The highest BCUT2D eigenvalue weighted by molar-refractivity contribution is 14.1. The number of nitrogens with zero attached hydrogens (tertiary/aromatic N) is 5.